The molecule has 2 aliphatic heterocycles. The van der Waals surface area contributed by atoms with E-state index in [1.165, 1.54) is 11.1 Å². The van der Waals surface area contributed by atoms with E-state index in [9.17, 15) is 9.90 Å². The predicted octanol–water partition coefficient (Wildman–Crippen LogP) is 4.63. The number of carbonyl (C=O) groups excluding carboxylic acids is 1. The third-order valence-electron chi connectivity index (χ3n) is 7.91. The van der Waals surface area contributed by atoms with Gasteiger partial charge in [0.05, 0.1) is 12.2 Å². The molecule has 1 fully saturated rings. The van der Waals surface area contributed by atoms with Crippen LogP contribution in [-0.2, 0) is 19.5 Å². The van der Waals surface area contributed by atoms with E-state index in [1.807, 2.05) is 64.2 Å². The minimum Gasteiger partial charge on any atom is -0.491 e. The summed E-state index contributed by atoms with van der Waals surface area (Å²) >= 11 is 0. The van der Waals surface area contributed by atoms with Crippen LogP contribution in [0.15, 0.2) is 85.1 Å². The average molecular weight is 537 g/mol. The Kier molecular flexibility index (Phi) is 7.93. The van der Waals surface area contributed by atoms with Gasteiger partial charge >= 0.3 is 0 Å². The van der Waals surface area contributed by atoms with E-state index in [1.54, 1.807) is 6.20 Å². The molecule has 206 valence electrons. The molecule has 1 atom stereocenters. The maximum Gasteiger partial charge on any atom is 0.253 e. The largest absolute Gasteiger partial charge is 0.491 e. The van der Waals surface area contributed by atoms with Crippen LogP contribution < -0.4 is 4.74 Å². The lowest BCUT2D eigenvalue weighted by Crippen LogP contribution is -2.38. The first kappa shape index (κ1) is 26.3. The lowest BCUT2D eigenvalue weighted by Gasteiger charge is -2.30. The van der Waals surface area contributed by atoms with E-state index in [2.05, 4.69) is 34.3 Å². The summed E-state index contributed by atoms with van der Waals surface area (Å²) in [5.41, 5.74) is 6.64. The molecule has 0 aliphatic carbocycles. The van der Waals surface area contributed by atoms with Gasteiger partial charge in [0.2, 0.25) is 0 Å². The Hall–Kier alpha value is -3.94. The van der Waals surface area contributed by atoms with Crippen molar-refractivity contribution in [2.45, 2.75) is 38.5 Å². The number of fused-ring (bicyclic) bond motifs is 1. The van der Waals surface area contributed by atoms with Crippen LogP contribution in [-0.4, -0.2) is 69.5 Å². The van der Waals surface area contributed by atoms with Crippen LogP contribution in [0.3, 0.4) is 0 Å². The molecule has 0 spiro atoms. The number of aromatic nitrogens is 2. The van der Waals surface area contributed by atoms with Gasteiger partial charge in [0, 0.05) is 50.0 Å². The Bertz CT molecular complexity index is 1420. The minimum absolute atomic E-state index is 0.121. The molecule has 2 aliphatic rings. The molecular formula is C33H36N4O3. The van der Waals surface area contributed by atoms with Gasteiger partial charge in [0.1, 0.15) is 18.5 Å². The standard InChI is InChI=1S/C33H36N4O3/c38-30(23-35-20-16-26-5-1-2-6-29(26)22-35)24-40-31-13-11-27(12-14-31)32-15-17-34-37(32)21-25-7-9-28(10-8-25)33(39)36-18-3-4-19-36/h1-2,5-15,17,30,38H,3-4,16,18-24H2. The fraction of sp³-hybridized carbons (Fsp3) is 0.333. The highest BCUT2D eigenvalue weighted by atomic mass is 16.5. The second-order valence-corrected chi connectivity index (χ2v) is 10.8. The molecule has 1 N–H and O–H groups in total. The molecule has 1 saturated heterocycles. The van der Waals surface area contributed by atoms with Crippen molar-refractivity contribution in [2.75, 3.05) is 32.8 Å². The quantitative estimate of drug-likeness (QED) is 0.338. The Labute approximate surface area is 235 Å². The normalized spacial score (nSPS) is 16.1. The number of β-amino-alcohol motifs (C(OH)–C–C–N with tert-alkyl or cyclic N) is 1. The smallest absolute Gasteiger partial charge is 0.253 e. The van der Waals surface area contributed by atoms with Crippen molar-refractivity contribution in [1.82, 2.24) is 19.6 Å². The maximum absolute atomic E-state index is 12.6. The number of ether oxygens (including phenoxy) is 1. The van der Waals surface area contributed by atoms with Crippen LogP contribution in [0.5, 0.6) is 5.75 Å². The van der Waals surface area contributed by atoms with Crippen molar-refractivity contribution >= 4 is 5.91 Å². The van der Waals surface area contributed by atoms with Gasteiger partial charge in [0.15, 0.2) is 0 Å². The average Bonchev–Trinajstić information content (AvgIpc) is 3.69. The zero-order valence-corrected chi connectivity index (χ0v) is 22.8. The summed E-state index contributed by atoms with van der Waals surface area (Å²) in [6.07, 6.45) is 4.46. The molecule has 1 amide bonds. The molecule has 0 radical (unpaired) electrons. The van der Waals surface area contributed by atoms with Crippen molar-refractivity contribution in [3.63, 3.8) is 0 Å². The summed E-state index contributed by atoms with van der Waals surface area (Å²) in [5.74, 6) is 0.854. The molecule has 1 unspecified atom stereocenters. The maximum atomic E-state index is 12.6. The van der Waals surface area contributed by atoms with Crippen LogP contribution in [0.4, 0.5) is 0 Å². The van der Waals surface area contributed by atoms with Crippen molar-refractivity contribution < 1.29 is 14.6 Å². The fourth-order valence-electron chi connectivity index (χ4n) is 5.71. The Morgan fingerprint density at radius 1 is 0.900 bits per heavy atom. The number of rotatable bonds is 9. The van der Waals surface area contributed by atoms with E-state index in [0.29, 0.717) is 13.1 Å². The van der Waals surface area contributed by atoms with Crippen molar-refractivity contribution in [3.05, 3.63) is 107 Å². The van der Waals surface area contributed by atoms with Crippen LogP contribution in [0.2, 0.25) is 0 Å². The monoisotopic (exact) mass is 536 g/mol. The molecule has 3 heterocycles. The SMILES string of the molecule is O=C(c1ccc(Cn2nccc2-c2ccc(OCC(O)CN3CCc4ccccc4C3)cc2)cc1)N1CCCC1. The topological polar surface area (TPSA) is 70.8 Å². The molecular weight excluding hydrogens is 500 g/mol. The van der Waals surface area contributed by atoms with Gasteiger partial charge in [0.25, 0.3) is 5.91 Å². The van der Waals surface area contributed by atoms with Crippen LogP contribution in [0, 0.1) is 0 Å². The highest BCUT2D eigenvalue weighted by Crippen LogP contribution is 2.24. The van der Waals surface area contributed by atoms with Gasteiger partial charge in [-0.1, -0.05) is 36.4 Å². The number of nitrogens with zero attached hydrogens (tertiary/aromatic N) is 4. The van der Waals surface area contributed by atoms with Crippen LogP contribution in [0.1, 0.15) is 39.9 Å². The van der Waals surface area contributed by atoms with E-state index >= 15 is 0 Å². The van der Waals surface area contributed by atoms with Gasteiger partial charge in [-0.25, -0.2) is 0 Å². The molecule has 40 heavy (non-hydrogen) atoms. The number of amides is 1. The number of aliphatic hydroxyl groups excluding tert-OH is 1. The second kappa shape index (κ2) is 12.1. The number of hydrogen-bond donors (Lipinski definition) is 1. The Morgan fingerprint density at radius 3 is 2.42 bits per heavy atom. The zero-order chi connectivity index (χ0) is 27.3. The van der Waals surface area contributed by atoms with Crippen LogP contribution >= 0.6 is 0 Å². The molecule has 0 bridgehead atoms. The number of carbonyl (C=O) groups is 1. The summed E-state index contributed by atoms with van der Waals surface area (Å²) in [4.78, 5) is 16.9. The summed E-state index contributed by atoms with van der Waals surface area (Å²) in [6.45, 7) is 5.01. The lowest BCUT2D eigenvalue weighted by molar-refractivity contribution is 0.0638. The van der Waals surface area contributed by atoms with E-state index < -0.39 is 6.10 Å². The van der Waals surface area contributed by atoms with Gasteiger partial charge in [-0.15, -0.1) is 0 Å². The Balaban J connectivity index is 1.02. The molecule has 4 aromatic rings. The first-order chi connectivity index (χ1) is 19.6. The first-order valence-corrected chi connectivity index (χ1v) is 14.2. The summed E-state index contributed by atoms with van der Waals surface area (Å²) in [5, 5.41) is 15.1. The third kappa shape index (κ3) is 6.11. The number of likely N-dealkylation sites (tertiary alicyclic amines) is 1. The van der Waals surface area contributed by atoms with Crippen LogP contribution in [0.25, 0.3) is 11.3 Å². The second-order valence-electron chi connectivity index (χ2n) is 10.8. The number of hydrogen-bond acceptors (Lipinski definition) is 5. The molecule has 3 aromatic carbocycles. The van der Waals surface area contributed by atoms with E-state index in [0.717, 1.165) is 73.6 Å². The lowest BCUT2D eigenvalue weighted by atomic mass is 10.00. The molecule has 7 heteroatoms. The molecule has 0 saturated carbocycles. The van der Waals surface area contributed by atoms with Crippen molar-refractivity contribution in [1.29, 1.82) is 0 Å². The van der Waals surface area contributed by atoms with Gasteiger partial charge < -0.3 is 14.7 Å². The highest BCUT2D eigenvalue weighted by Gasteiger charge is 2.20. The Morgan fingerprint density at radius 2 is 1.65 bits per heavy atom. The molecule has 6 rings (SSSR count). The highest BCUT2D eigenvalue weighted by molar-refractivity contribution is 5.94. The summed E-state index contributed by atoms with van der Waals surface area (Å²) < 4.78 is 7.88. The molecule has 7 nitrogen and oxygen atoms in total. The predicted molar refractivity (Wildman–Crippen MR) is 155 cm³/mol. The van der Waals surface area contributed by atoms with Gasteiger partial charge in [-0.3, -0.25) is 14.4 Å². The zero-order valence-electron chi connectivity index (χ0n) is 22.8. The van der Waals surface area contributed by atoms with E-state index in [-0.39, 0.29) is 12.5 Å². The third-order valence-corrected chi connectivity index (χ3v) is 7.91. The van der Waals surface area contributed by atoms with Crippen molar-refractivity contribution in [2.24, 2.45) is 0 Å². The van der Waals surface area contributed by atoms with Crippen molar-refractivity contribution in [3.8, 4) is 17.0 Å². The molecule has 1 aromatic heterocycles. The number of aliphatic hydroxyl groups is 1. The van der Waals surface area contributed by atoms with Gasteiger partial charge in [-0.05, 0) is 78.4 Å². The minimum atomic E-state index is -0.552. The van der Waals surface area contributed by atoms with E-state index in [4.69, 9.17) is 4.74 Å². The summed E-state index contributed by atoms with van der Waals surface area (Å²) in [7, 11) is 0. The fourth-order valence-corrected chi connectivity index (χ4v) is 5.71. The summed E-state index contributed by atoms with van der Waals surface area (Å²) in [6, 6.07) is 26.3. The van der Waals surface area contributed by atoms with Gasteiger partial charge in [-0.2, -0.15) is 5.10 Å². The number of benzene rings is 3. The first-order valence-electron chi connectivity index (χ1n) is 14.2.